The smallest absolute Gasteiger partial charge is 0.341 e. The molecule has 27 heavy (non-hydrogen) atoms. The zero-order chi connectivity index (χ0) is 20.0. The summed E-state index contributed by atoms with van der Waals surface area (Å²) in [6, 6.07) is 4.61. The molecule has 1 N–H and O–H groups in total. The molecule has 9 nitrogen and oxygen atoms in total. The molecule has 1 saturated heterocycles. The maximum atomic E-state index is 12.6. The zero-order valence-electron chi connectivity index (χ0n) is 15.6. The highest BCUT2D eigenvalue weighted by atomic mass is 16.5. The molecule has 2 amide bonds. The Morgan fingerprint density at radius 3 is 2.44 bits per heavy atom. The van der Waals surface area contributed by atoms with Gasteiger partial charge in [-0.2, -0.15) is 0 Å². The van der Waals surface area contributed by atoms with Crippen LogP contribution in [0.1, 0.15) is 17.3 Å². The Hall–Kier alpha value is -2.81. The number of carbonyl (C=O) groups excluding carboxylic acids is 2. The minimum Gasteiger partial charge on any atom is -0.490 e. The fourth-order valence-electron chi connectivity index (χ4n) is 2.38. The number of ether oxygens (including phenoxy) is 3. The van der Waals surface area contributed by atoms with Gasteiger partial charge in [-0.1, -0.05) is 0 Å². The number of rotatable bonds is 9. The summed E-state index contributed by atoms with van der Waals surface area (Å²) in [6.07, 6.45) is -0.164. The highest BCUT2D eigenvalue weighted by Crippen LogP contribution is 2.29. The molecule has 9 heteroatoms. The van der Waals surface area contributed by atoms with Crippen LogP contribution in [0.3, 0.4) is 0 Å². The maximum Gasteiger partial charge on any atom is 0.341 e. The fourth-order valence-corrected chi connectivity index (χ4v) is 2.38. The molecule has 1 heterocycles. The quantitative estimate of drug-likeness (QED) is 0.664. The average molecular weight is 380 g/mol. The van der Waals surface area contributed by atoms with Crippen molar-refractivity contribution in [1.82, 2.24) is 9.80 Å². The molecule has 148 valence electrons. The number of nitrogens with zero attached hydrogens (tertiary/aromatic N) is 2. The van der Waals surface area contributed by atoms with Crippen molar-refractivity contribution >= 4 is 17.8 Å². The molecule has 1 aromatic carbocycles. The number of hydrogen-bond acceptors (Lipinski definition) is 6. The van der Waals surface area contributed by atoms with Crippen LogP contribution >= 0.6 is 0 Å². The Morgan fingerprint density at radius 1 is 1.15 bits per heavy atom. The summed E-state index contributed by atoms with van der Waals surface area (Å²) >= 11 is 0. The van der Waals surface area contributed by atoms with E-state index >= 15 is 0 Å². The van der Waals surface area contributed by atoms with E-state index in [1.54, 1.807) is 32.0 Å². The van der Waals surface area contributed by atoms with Gasteiger partial charge < -0.3 is 29.1 Å². The summed E-state index contributed by atoms with van der Waals surface area (Å²) in [7, 11) is 3.31. The lowest BCUT2D eigenvalue weighted by atomic mass is 10.1. The minimum absolute atomic E-state index is 0.0101. The monoisotopic (exact) mass is 380 g/mol. The molecule has 0 unspecified atom stereocenters. The second-order valence-electron chi connectivity index (χ2n) is 6.21. The van der Waals surface area contributed by atoms with Gasteiger partial charge in [0.1, 0.15) is 6.61 Å². The van der Waals surface area contributed by atoms with Crippen molar-refractivity contribution in [2.24, 2.45) is 0 Å². The van der Waals surface area contributed by atoms with Crippen LogP contribution in [-0.4, -0.2) is 85.8 Å². The van der Waals surface area contributed by atoms with Gasteiger partial charge in [0.2, 0.25) is 5.91 Å². The average Bonchev–Trinajstić information content (AvgIpc) is 2.58. The summed E-state index contributed by atoms with van der Waals surface area (Å²) in [5.41, 5.74) is 0.406. The summed E-state index contributed by atoms with van der Waals surface area (Å²) in [6.45, 7) is 2.43. The molecular weight excluding hydrogens is 356 g/mol. The van der Waals surface area contributed by atoms with Crippen LogP contribution in [0.5, 0.6) is 11.5 Å². The van der Waals surface area contributed by atoms with Crippen molar-refractivity contribution in [3.63, 3.8) is 0 Å². The molecule has 0 aliphatic carbocycles. The molecule has 0 bridgehead atoms. The lowest BCUT2D eigenvalue weighted by Gasteiger charge is -2.39. The van der Waals surface area contributed by atoms with Gasteiger partial charge in [0.25, 0.3) is 5.91 Å². The number of aliphatic carboxylic acids is 1. The van der Waals surface area contributed by atoms with E-state index in [0.717, 1.165) is 0 Å². The Bertz CT molecular complexity index is 699. The van der Waals surface area contributed by atoms with Crippen molar-refractivity contribution in [3.05, 3.63) is 23.8 Å². The molecule has 1 aliphatic heterocycles. The molecule has 0 spiro atoms. The summed E-state index contributed by atoms with van der Waals surface area (Å²) in [5, 5.41) is 8.72. The second kappa shape index (κ2) is 9.22. The maximum absolute atomic E-state index is 12.6. The Kier molecular flexibility index (Phi) is 7.00. The lowest BCUT2D eigenvalue weighted by Crippen LogP contribution is -2.55. The number of likely N-dealkylation sites (N-methyl/N-ethyl adjacent to an activating group) is 1. The molecule has 0 atom stereocenters. The third kappa shape index (κ3) is 5.58. The fraction of sp³-hybridized carbons (Fsp3) is 0.500. The number of carboxylic acid groups (broad SMARTS) is 1. The lowest BCUT2D eigenvalue weighted by molar-refractivity contribution is -0.139. The molecule has 0 radical (unpaired) electrons. The van der Waals surface area contributed by atoms with Crippen molar-refractivity contribution in [2.75, 3.05) is 47.0 Å². The van der Waals surface area contributed by atoms with Crippen LogP contribution in [0.4, 0.5) is 0 Å². The van der Waals surface area contributed by atoms with Gasteiger partial charge in [0.15, 0.2) is 18.1 Å². The van der Waals surface area contributed by atoms with E-state index in [1.165, 1.54) is 17.0 Å². The minimum atomic E-state index is -1.10. The van der Waals surface area contributed by atoms with E-state index in [2.05, 4.69) is 0 Å². The van der Waals surface area contributed by atoms with Crippen molar-refractivity contribution in [2.45, 2.75) is 13.0 Å². The Labute approximate surface area is 157 Å². The van der Waals surface area contributed by atoms with Crippen molar-refractivity contribution in [3.8, 4) is 11.5 Å². The van der Waals surface area contributed by atoms with Crippen molar-refractivity contribution in [1.29, 1.82) is 0 Å². The third-order valence-electron chi connectivity index (χ3n) is 3.92. The molecule has 1 fully saturated rings. The van der Waals surface area contributed by atoms with Crippen LogP contribution in [0, 0.1) is 0 Å². The largest absolute Gasteiger partial charge is 0.490 e. The van der Waals surface area contributed by atoms with Gasteiger partial charge in [-0.25, -0.2) is 4.79 Å². The van der Waals surface area contributed by atoms with Gasteiger partial charge >= 0.3 is 5.97 Å². The molecule has 1 aromatic rings. The Balaban J connectivity index is 1.94. The zero-order valence-corrected chi connectivity index (χ0v) is 15.6. The number of hydrogen-bond donors (Lipinski definition) is 1. The Morgan fingerprint density at radius 2 is 1.85 bits per heavy atom. The molecular formula is C18H24N2O7. The van der Waals surface area contributed by atoms with E-state index in [1.807, 2.05) is 0 Å². The number of amides is 2. The van der Waals surface area contributed by atoms with E-state index < -0.39 is 12.6 Å². The van der Waals surface area contributed by atoms with E-state index in [9.17, 15) is 14.4 Å². The molecule has 1 aliphatic rings. The molecule has 0 saturated carbocycles. The SMILES string of the molecule is CCOc1cc(C(=O)N2CC(OCC(=O)N(C)C)C2)ccc1OCC(=O)O. The highest BCUT2D eigenvalue weighted by Gasteiger charge is 2.32. The summed E-state index contributed by atoms with van der Waals surface area (Å²) < 4.78 is 16.1. The highest BCUT2D eigenvalue weighted by molar-refractivity contribution is 5.95. The number of likely N-dealkylation sites (tertiary alicyclic amines) is 1. The van der Waals surface area contributed by atoms with E-state index in [-0.39, 0.29) is 30.3 Å². The van der Waals surface area contributed by atoms with Gasteiger partial charge in [-0.3, -0.25) is 9.59 Å². The normalized spacial score (nSPS) is 13.7. The number of carbonyl (C=O) groups is 3. The van der Waals surface area contributed by atoms with Gasteiger partial charge in [0, 0.05) is 32.7 Å². The summed E-state index contributed by atoms with van der Waals surface area (Å²) in [5.74, 6) is -0.841. The first-order valence-corrected chi connectivity index (χ1v) is 8.54. The second-order valence-corrected chi connectivity index (χ2v) is 6.21. The summed E-state index contributed by atoms with van der Waals surface area (Å²) in [4.78, 5) is 37.8. The van der Waals surface area contributed by atoms with Crippen LogP contribution in [0.2, 0.25) is 0 Å². The first-order chi connectivity index (χ1) is 12.8. The third-order valence-corrected chi connectivity index (χ3v) is 3.92. The van der Waals surface area contributed by atoms with Crippen LogP contribution < -0.4 is 9.47 Å². The van der Waals surface area contributed by atoms with Crippen molar-refractivity contribution < 1.29 is 33.7 Å². The topological polar surface area (TPSA) is 106 Å². The predicted molar refractivity (Wildman–Crippen MR) is 95.1 cm³/mol. The first kappa shape index (κ1) is 20.5. The van der Waals surface area contributed by atoms with Crippen LogP contribution in [-0.2, 0) is 14.3 Å². The van der Waals surface area contributed by atoms with Gasteiger partial charge in [-0.05, 0) is 25.1 Å². The van der Waals surface area contributed by atoms with Crippen LogP contribution in [0.15, 0.2) is 18.2 Å². The standard InChI is InChI=1S/C18H24N2O7/c1-4-25-15-7-12(5-6-14(15)27-11-17(22)23)18(24)20-8-13(9-20)26-10-16(21)19(2)3/h5-7,13H,4,8-11H2,1-3H3,(H,22,23). The van der Waals surface area contributed by atoms with Crippen LogP contribution in [0.25, 0.3) is 0 Å². The van der Waals surface area contributed by atoms with E-state index in [0.29, 0.717) is 31.0 Å². The molecule has 0 aromatic heterocycles. The number of carboxylic acids is 1. The predicted octanol–water partition coefficient (Wildman–Crippen LogP) is 0.478. The van der Waals surface area contributed by atoms with E-state index in [4.69, 9.17) is 19.3 Å². The first-order valence-electron chi connectivity index (χ1n) is 8.54. The number of benzene rings is 1. The van der Waals surface area contributed by atoms with Gasteiger partial charge in [0.05, 0.1) is 12.7 Å². The van der Waals surface area contributed by atoms with Gasteiger partial charge in [-0.15, -0.1) is 0 Å². The molecule has 2 rings (SSSR count).